The highest BCUT2D eigenvalue weighted by Crippen LogP contribution is 2.31. The van der Waals surface area contributed by atoms with Crippen LogP contribution in [-0.2, 0) is 10.0 Å². The van der Waals surface area contributed by atoms with E-state index in [0.717, 1.165) is 25.0 Å². The molecular weight excluding hydrogens is 330 g/mol. The molecule has 0 atom stereocenters. The Labute approximate surface area is 133 Å². The van der Waals surface area contributed by atoms with Crippen LogP contribution in [0.5, 0.6) is 5.75 Å². The number of carboxylic acids is 1. The fraction of sp³-hybridized carbons (Fsp3) is 0.357. The van der Waals surface area contributed by atoms with Gasteiger partial charge in [-0.15, -0.1) is 0 Å². The van der Waals surface area contributed by atoms with Crippen LogP contribution < -0.4 is 9.46 Å². The predicted octanol–water partition coefficient (Wildman–Crippen LogP) is 2.29. The summed E-state index contributed by atoms with van der Waals surface area (Å²) in [6, 6.07) is 2.18. The van der Waals surface area contributed by atoms with Crippen molar-refractivity contribution in [3.05, 3.63) is 34.9 Å². The number of sulfonamides is 1. The van der Waals surface area contributed by atoms with Crippen molar-refractivity contribution in [2.24, 2.45) is 5.92 Å². The Bertz CT molecular complexity index is 710. The summed E-state index contributed by atoms with van der Waals surface area (Å²) in [5.41, 5.74) is -0.194. The summed E-state index contributed by atoms with van der Waals surface area (Å²) in [5, 5.41) is 8.86. The second kappa shape index (κ2) is 6.68. The van der Waals surface area contributed by atoms with Crippen LogP contribution in [0.4, 0.5) is 0 Å². The number of rotatable bonds is 7. The third-order valence-electron chi connectivity index (χ3n) is 3.20. The van der Waals surface area contributed by atoms with Crippen molar-refractivity contribution in [1.82, 2.24) is 4.72 Å². The van der Waals surface area contributed by atoms with Crippen LogP contribution in [0.25, 0.3) is 0 Å². The minimum absolute atomic E-state index is 0.0641. The predicted molar refractivity (Wildman–Crippen MR) is 82.0 cm³/mol. The van der Waals surface area contributed by atoms with Gasteiger partial charge in [0, 0.05) is 12.6 Å². The Morgan fingerprint density at radius 1 is 1.50 bits per heavy atom. The van der Waals surface area contributed by atoms with Crippen molar-refractivity contribution in [3.63, 3.8) is 0 Å². The minimum atomic E-state index is -3.85. The smallest absolute Gasteiger partial charge is 0.339 e. The Morgan fingerprint density at radius 3 is 2.73 bits per heavy atom. The fourth-order valence-electron chi connectivity index (χ4n) is 1.86. The third-order valence-corrected chi connectivity index (χ3v) is 5.08. The van der Waals surface area contributed by atoms with E-state index in [1.54, 1.807) is 6.08 Å². The normalized spacial score (nSPS) is 15.2. The Balaban J connectivity index is 2.23. The molecule has 0 heterocycles. The molecule has 0 spiro atoms. The Hall–Kier alpha value is -1.57. The SMILES string of the molecule is COc1cc(S(=O)(=O)NC/C=C/C2CC2)c(Cl)cc1C(=O)O. The lowest BCUT2D eigenvalue weighted by Gasteiger charge is -2.11. The van der Waals surface area contributed by atoms with Gasteiger partial charge in [0.05, 0.1) is 12.1 Å². The summed E-state index contributed by atoms with van der Waals surface area (Å²) >= 11 is 5.90. The minimum Gasteiger partial charge on any atom is -0.496 e. The molecule has 1 fully saturated rings. The van der Waals surface area contributed by atoms with Gasteiger partial charge in [0.2, 0.25) is 10.0 Å². The van der Waals surface area contributed by atoms with E-state index in [4.69, 9.17) is 21.4 Å². The van der Waals surface area contributed by atoms with Gasteiger partial charge < -0.3 is 9.84 Å². The number of hydrogen-bond acceptors (Lipinski definition) is 4. The zero-order chi connectivity index (χ0) is 16.3. The molecule has 0 aliphatic heterocycles. The van der Waals surface area contributed by atoms with Crippen molar-refractivity contribution in [2.45, 2.75) is 17.7 Å². The first kappa shape index (κ1) is 16.8. The van der Waals surface area contributed by atoms with Crippen LogP contribution in [0.3, 0.4) is 0 Å². The van der Waals surface area contributed by atoms with E-state index in [9.17, 15) is 13.2 Å². The van der Waals surface area contributed by atoms with Crippen molar-refractivity contribution in [3.8, 4) is 5.75 Å². The standard InChI is InChI=1S/C14H16ClNO5S/c1-21-12-8-13(11(15)7-10(12)14(17)18)22(19,20)16-6-2-3-9-4-5-9/h2-3,7-9,16H,4-6H2,1H3,(H,17,18)/b3-2+. The maximum absolute atomic E-state index is 12.2. The number of hydrogen-bond donors (Lipinski definition) is 2. The Kier molecular flexibility index (Phi) is 5.10. The van der Waals surface area contributed by atoms with E-state index < -0.39 is 16.0 Å². The summed E-state index contributed by atoms with van der Waals surface area (Å²) < 4.78 is 31.8. The lowest BCUT2D eigenvalue weighted by Crippen LogP contribution is -2.24. The maximum Gasteiger partial charge on any atom is 0.339 e. The molecule has 0 aromatic heterocycles. The van der Waals surface area contributed by atoms with Crippen LogP contribution in [0.1, 0.15) is 23.2 Å². The van der Waals surface area contributed by atoms with Gasteiger partial charge in [-0.1, -0.05) is 23.8 Å². The number of aromatic carboxylic acids is 1. The van der Waals surface area contributed by atoms with Gasteiger partial charge in [-0.2, -0.15) is 0 Å². The molecular formula is C14H16ClNO5S. The molecule has 120 valence electrons. The first-order chi connectivity index (χ1) is 10.3. The fourth-order valence-corrected chi connectivity index (χ4v) is 3.38. The molecule has 0 radical (unpaired) electrons. The molecule has 6 nitrogen and oxygen atoms in total. The molecule has 0 saturated heterocycles. The summed E-state index contributed by atoms with van der Waals surface area (Å²) in [7, 11) is -2.59. The van der Waals surface area contributed by atoms with Gasteiger partial charge >= 0.3 is 5.97 Å². The number of carbonyl (C=O) groups is 1. The van der Waals surface area contributed by atoms with Crippen LogP contribution >= 0.6 is 11.6 Å². The van der Waals surface area contributed by atoms with E-state index >= 15 is 0 Å². The molecule has 2 N–H and O–H groups in total. The van der Waals surface area contributed by atoms with E-state index in [2.05, 4.69) is 4.72 Å². The number of nitrogens with one attached hydrogen (secondary N) is 1. The van der Waals surface area contributed by atoms with Crippen LogP contribution in [0.2, 0.25) is 5.02 Å². The highest BCUT2D eigenvalue weighted by atomic mass is 35.5. The maximum atomic E-state index is 12.2. The zero-order valence-corrected chi connectivity index (χ0v) is 13.4. The summed E-state index contributed by atoms with van der Waals surface area (Å²) in [6.07, 6.45) is 6.01. The molecule has 8 heteroatoms. The largest absolute Gasteiger partial charge is 0.496 e. The highest BCUT2D eigenvalue weighted by molar-refractivity contribution is 7.89. The molecule has 1 aliphatic rings. The number of allylic oxidation sites excluding steroid dienone is 1. The number of benzene rings is 1. The molecule has 0 bridgehead atoms. The molecule has 2 rings (SSSR count). The molecule has 22 heavy (non-hydrogen) atoms. The van der Waals surface area contributed by atoms with Gasteiger partial charge in [0.25, 0.3) is 0 Å². The van der Waals surface area contributed by atoms with Crippen LogP contribution in [-0.4, -0.2) is 33.1 Å². The number of methoxy groups -OCH3 is 1. The number of halogens is 1. The van der Waals surface area contributed by atoms with Gasteiger partial charge in [-0.3, -0.25) is 0 Å². The van der Waals surface area contributed by atoms with Gasteiger partial charge in [0.1, 0.15) is 16.2 Å². The van der Waals surface area contributed by atoms with Crippen LogP contribution in [0.15, 0.2) is 29.2 Å². The number of carboxylic acid groups (broad SMARTS) is 1. The van der Waals surface area contributed by atoms with Gasteiger partial charge in [-0.25, -0.2) is 17.9 Å². The molecule has 0 unspecified atom stereocenters. The summed E-state index contributed by atoms with van der Waals surface area (Å²) in [4.78, 5) is 10.8. The van der Waals surface area contributed by atoms with Crippen LogP contribution in [0, 0.1) is 5.92 Å². The molecule has 1 aromatic rings. The second-order valence-electron chi connectivity index (χ2n) is 4.91. The molecule has 1 saturated carbocycles. The Morgan fingerprint density at radius 2 is 2.18 bits per heavy atom. The summed E-state index contributed by atoms with van der Waals surface area (Å²) in [5.74, 6) is -0.753. The molecule has 1 aliphatic carbocycles. The lowest BCUT2D eigenvalue weighted by atomic mass is 10.2. The van der Waals surface area contributed by atoms with Gasteiger partial charge in [-0.05, 0) is 24.8 Å². The lowest BCUT2D eigenvalue weighted by molar-refractivity contribution is 0.0693. The summed E-state index contributed by atoms with van der Waals surface area (Å²) in [6.45, 7) is 0.151. The average Bonchev–Trinajstić information content (AvgIpc) is 3.27. The van der Waals surface area contributed by atoms with Crippen molar-refractivity contribution < 1.29 is 23.1 Å². The zero-order valence-electron chi connectivity index (χ0n) is 11.9. The second-order valence-corrected chi connectivity index (χ2v) is 7.05. The van der Waals surface area contributed by atoms with Gasteiger partial charge in [0.15, 0.2) is 0 Å². The number of ether oxygens (including phenoxy) is 1. The first-order valence-electron chi connectivity index (χ1n) is 6.62. The molecule has 0 amide bonds. The van der Waals surface area contributed by atoms with Crippen molar-refractivity contribution >= 4 is 27.6 Å². The topological polar surface area (TPSA) is 92.7 Å². The third kappa shape index (κ3) is 4.00. The van der Waals surface area contributed by atoms with E-state index in [1.807, 2.05) is 6.08 Å². The van der Waals surface area contributed by atoms with E-state index in [0.29, 0.717) is 5.92 Å². The monoisotopic (exact) mass is 345 g/mol. The van der Waals surface area contributed by atoms with E-state index in [-0.39, 0.29) is 27.8 Å². The molecule has 1 aromatic carbocycles. The highest BCUT2D eigenvalue weighted by Gasteiger charge is 2.23. The first-order valence-corrected chi connectivity index (χ1v) is 8.48. The van der Waals surface area contributed by atoms with Crippen molar-refractivity contribution in [2.75, 3.05) is 13.7 Å². The quantitative estimate of drug-likeness (QED) is 0.740. The van der Waals surface area contributed by atoms with Crippen molar-refractivity contribution in [1.29, 1.82) is 0 Å². The van der Waals surface area contributed by atoms with E-state index in [1.165, 1.54) is 7.11 Å². The average molecular weight is 346 g/mol.